The third-order valence-electron chi connectivity index (χ3n) is 3.01. The Kier molecular flexibility index (Phi) is 4.95. The molecule has 0 amide bonds. The molecule has 2 aromatic rings. The number of nitrogens with zero attached hydrogens (tertiary/aromatic N) is 3. The van der Waals surface area contributed by atoms with Crippen molar-refractivity contribution >= 4 is 5.82 Å². The maximum atomic E-state index is 4.41. The third kappa shape index (κ3) is 3.81. The molecule has 102 valence electrons. The fourth-order valence-electron chi connectivity index (χ4n) is 2.05. The number of pyridine rings is 1. The van der Waals surface area contributed by atoms with E-state index in [1.165, 1.54) is 5.56 Å². The van der Waals surface area contributed by atoms with E-state index in [1.807, 2.05) is 18.6 Å². The van der Waals surface area contributed by atoms with Crippen molar-refractivity contribution in [2.45, 2.75) is 39.7 Å². The molecule has 0 unspecified atom stereocenters. The summed E-state index contributed by atoms with van der Waals surface area (Å²) in [6.07, 6.45) is 9.04. The lowest BCUT2D eigenvalue weighted by Crippen LogP contribution is -2.06. The first kappa shape index (κ1) is 13.6. The van der Waals surface area contributed by atoms with Crippen LogP contribution in [0.2, 0.25) is 0 Å². The number of hydrogen-bond acceptors (Lipinski definition) is 3. The standard InChI is InChI=1S/C15H22N4/c1-3-5-15-18-9-10-19(15)12-13-6-8-17-14(11-13)16-7-4-2/h6,8-11H,3-5,7,12H2,1-2H3,(H,16,17). The Bertz CT molecular complexity index is 504. The van der Waals surface area contributed by atoms with Gasteiger partial charge in [0, 0.05) is 38.1 Å². The van der Waals surface area contributed by atoms with E-state index in [2.05, 4.69) is 45.8 Å². The minimum Gasteiger partial charge on any atom is -0.370 e. The highest BCUT2D eigenvalue weighted by Crippen LogP contribution is 2.11. The van der Waals surface area contributed by atoms with Crippen LogP contribution < -0.4 is 5.32 Å². The van der Waals surface area contributed by atoms with Crippen LogP contribution in [-0.4, -0.2) is 21.1 Å². The van der Waals surface area contributed by atoms with Crippen LogP contribution >= 0.6 is 0 Å². The Hall–Kier alpha value is -1.84. The molecule has 0 bridgehead atoms. The molecular formula is C15H22N4. The molecule has 0 aromatic carbocycles. The predicted octanol–water partition coefficient (Wildman–Crippen LogP) is 3.10. The molecule has 0 spiro atoms. The van der Waals surface area contributed by atoms with Gasteiger partial charge in [-0.05, 0) is 30.5 Å². The molecule has 0 atom stereocenters. The summed E-state index contributed by atoms with van der Waals surface area (Å²) in [7, 11) is 0. The summed E-state index contributed by atoms with van der Waals surface area (Å²) in [5.74, 6) is 2.11. The maximum Gasteiger partial charge on any atom is 0.126 e. The first-order chi connectivity index (χ1) is 9.33. The van der Waals surface area contributed by atoms with Crippen molar-refractivity contribution < 1.29 is 0 Å². The van der Waals surface area contributed by atoms with Crippen molar-refractivity contribution in [2.24, 2.45) is 0 Å². The predicted molar refractivity (Wildman–Crippen MR) is 78.3 cm³/mol. The first-order valence-electron chi connectivity index (χ1n) is 7.02. The molecule has 4 heteroatoms. The summed E-state index contributed by atoms with van der Waals surface area (Å²) < 4.78 is 2.21. The number of nitrogens with one attached hydrogen (secondary N) is 1. The van der Waals surface area contributed by atoms with E-state index in [4.69, 9.17) is 0 Å². The van der Waals surface area contributed by atoms with Crippen LogP contribution in [0.25, 0.3) is 0 Å². The van der Waals surface area contributed by atoms with Crippen molar-refractivity contribution in [1.29, 1.82) is 0 Å². The second kappa shape index (κ2) is 6.92. The monoisotopic (exact) mass is 258 g/mol. The minimum absolute atomic E-state index is 0.860. The largest absolute Gasteiger partial charge is 0.370 e. The van der Waals surface area contributed by atoms with Crippen molar-refractivity contribution in [3.05, 3.63) is 42.1 Å². The zero-order valence-corrected chi connectivity index (χ0v) is 11.8. The van der Waals surface area contributed by atoms with E-state index in [0.29, 0.717) is 0 Å². The molecule has 0 aliphatic heterocycles. The van der Waals surface area contributed by atoms with Gasteiger partial charge in [-0.15, -0.1) is 0 Å². The minimum atomic E-state index is 0.860. The molecular weight excluding hydrogens is 236 g/mol. The molecule has 0 radical (unpaired) electrons. The first-order valence-corrected chi connectivity index (χ1v) is 7.02. The van der Waals surface area contributed by atoms with Crippen LogP contribution in [0.1, 0.15) is 38.1 Å². The summed E-state index contributed by atoms with van der Waals surface area (Å²) >= 11 is 0. The van der Waals surface area contributed by atoms with E-state index in [9.17, 15) is 0 Å². The molecule has 2 rings (SSSR count). The van der Waals surface area contributed by atoms with E-state index in [0.717, 1.165) is 44.0 Å². The molecule has 2 aromatic heterocycles. The average Bonchev–Trinajstić information content (AvgIpc) is 2.85. The highest BCUT2D eigenvalue weighted by Gasteiger charge is 2.03. The summed E-state index contributed by atoms with van der Waals surface area (Å²) in [5, 5.41) is 3.32. The fourth-order valence-corrected chi connectivity index (χ4v) is 2.05. The van der Waals surface area contributed by atoms with E-state index in [1.54, 1.807) is 0 Å². The number of imidazole rings is 1. The van der Waals surface area contributed by atoms with Gasteiger partial charge in [-0.3, -0.25) is 0 Å². The fraction of sp³-hybridized carbons (Fsp3) is 0.467. The highest BCUT2D eigenvalue weighted by atomic mass is 15.1. The van der Waals surface area contributed by atoms with Crippen LogP contribution in [0.15, 0.2) is 30.7 Å². The Morgan fingerprint density at radius 2 is 2.05 bits per heavy atom. The SMILES string of the molecule is CCCNc1cc(Cn2ccnc2CCC)ccn1. The Morgan fingerprint density at radius 3 is 2.84 bits per heavy atom. The molecule has 2 heterocycles. The number of aromatic nitrogens is 3. The Labute approximate surface area is 114 Å². The number of hydrogen-bond donors (Lipinski definition) is 1. The summed E-state index contributed by atoms with van der Waals surface area (Å²) in [4.78, 5) is 8.73. The molecule has 19 heavy (non-hydrogen) atoms. The Morgan fingerprint density at radius 1 is 1.16 bits per heavy atom. The zero-order chi connectivity index (χ0) is 13.5. The number of rotatable bonds is 7. The summed E-state index contributed by atoms with van der Waals surface area (Å²) in [5.41, 5.74) is 1.25. The lowest BCUT2D eigenvalue weighted by Gasteiger charge is -2.09. The van der Waals surface area contributed by atoms with Gasteiger partial charge in [-0.2, -0.15) is 0 Å². The molecule has 0 fully saturated rings. The second-order valence-corrected chi connectivity index (χ2v) is 4.70. The summed E-state index contributed by atoms with van der Waals surface area (Å²) in [6.45, 7) is 6.15. The van der Waals surface area contributed by atoms with E-state index in [-0.39, 0.29) is 0 Å². The van der Waals surface area contributed by atoms with Gasteiger partial charge in [0.25, 0.3) is 0 Å². The van der Waals surface area contributed by atoms with Crippen molar-refractivity contribution in [3.63, 3.8) is 0 Å². The van der Waals surface area contributed by atoms with Crippen LogP contribution in [0.5, 0.6) is 0 Å². The van der Waals surface area contributed by atoms with Gasteiger partial charge < -0.3 is 9.88 Å². The molecule has 1 N–H and O–H groups in total. The topological polar surface area (TPSA) is 42.7 Å². The van der Waals surface area contributed by atoms with E-state index < -0.39 is 0 Å². The molecule has 0 aliphatic carbocycles. The second-order valence-electron chi connectivity index (χ2n) is 4.70. The van der Waals surface area contributed by atoms with Gasteiger partial charge in [0.1, 0.15) is 11.6 Å². The number of anilines is 1. The van der Waals surface area contributed by atoms with Crippen molar-refractivity contribution in [2.75, 3.05) is 11.9 Å². The van der Waals surface area contributed by atoms with Crippen LogP contribution in [0.3, 0.4) is 0 Å². The molecule has 0 saturated heterocycles. The normalized spacial score (nSPS) is 10.6. The van der Waals surface area contributed by atoms with Gasteiger partial charge in [0.05, 0.1) is 0 Å². The average molecular weight is 258 g/mol. The number of aryl methyl sites for hydroxylation is 1. The molecule has 0 aliphatic rings. The van der Waals surface area contributed by atoms with Gasteiger partial charge in [-0.1, -0.05) is 13.8 Å². The highest BCUT2D eigenvalue weighted by molar-refractivity contribution is 5.37. The molecule has 0 saturated carbocycles. The van der Waals surface area contributed by atoms with Crippen LogP contribution in [0.4, 0.5) is 5.82 Å². The lowest BCUT2D eigenvalue weighted by atomic mass is 10.2. The van der Waals surface area contributed by atoms with Gasteiger partial charge in [-0.25, -0.2) is 9.97 Å². The van der Waals surface area contributed by atoms with Crippen LogP contribution in [-0.2, 0) is 13.0 Å². The van der Waals surface area contributed by atoms with Crippen molar-refractivity contribution in [3.8, 4) is 0 Å². The van der Waals surface area contributed by atoms with Crippen LogP contribution in [0, 0.1) is 0 Å². The van der Waals surface area contributed by atoms with Crippen molar-refractivity contribution in [1.82, 2.24) is 14.5 Å². The Balaban J connectivity index is 2.07. The maximum absolute atomic E-state index is 4.41. The van der Waals surface area contributed by atoms with Gasteiger partial charge >= 0.3 is 0 Å². The lowest BCUT2D eigenvalue weighted by molar-refractivity contribution is 0.704. The van der Waals surface area contributed by atoms with Gasteiger partial charge in [0.2, 0.25) is 0 Å². The smallest absolute Gasteiger partial charge is 0.126 e. The van der Waals surface area contributed by atoms with E-state index >= 15 is 0 Å². The van der Waals surface area contributed by atoms with Gasteiger partial charge in [0.15, 0.2) is 0 Å². The quantitative estimate of drug-likeness (QED) is 0.830. The third-order valence-corrected chi connectivity index (χ3v) is 3.01. The molecule has 4 nitrogen and oxygen atoms in total. The zero-order valence-electron chi connectivity index (χ0n) is 11.8. The summed E-state index contributed by atoms with van der Waals surface area (Å²) in [6, 6.07) is 4.18.